The van der Waals surface area contributed by atoms with Crippen LogP contribution in [-0.2, 0) is 11.0 Å². The number of hydrogen-bond acceptors (Lipinski definition) is 2. The van der Waals surface area contributed by atoms with Crippen molar-refractivity contribution in [2.75, 3.05) is 0 Å². The van der Waals surface area contributed by atoms with Crippen molar-refractivity contribution >= 4 is 8.32 Å². The van der Waals surface area contributed by atoms with E-state index < -0.39 is 14.3 Å². The highest BCUT2D eigenvalue weighted by Gasteiger charge is 2.44. The molecule has 0 bridgehead atoms. The molecule has 1 aromatic heterocycles. The fourth-order valence-corrected chi connectivity index (χ4v) is 8.66. The van der Waals surface area contributed by atoms with Gasteiger partial charge in [-0.2, -0.15) is 4.39 Å². The maximum atomic E-state index is 13.1. The summed E-state index contributed by atoms with van der Waals surface area (Å²) in [5.74, 6) is -0.438. The quantitative estimate of drug-likeness (QED) is 0.546. The van der Waals surface area contributed by atoms with Crippen LogP contribution in [-0.4, -0.2) is 13.3 Å². The Bertz CT molecular complexity index is 385. The predicted molar refractivity (Wildman–Crippen MR) is 80.0 cm³/mol. The zero-order valence-electron chi connectivity index (χ0n) is 12.9. The molecule has 0 radical (unpaired) electrons. The second kappa shape index (κ2) is 6.62. The van der Waals surface area contributed by atoms with Crippen LogP contribution in [0.25, 0.3) is 0 Å². The smallest absolute Gasteiger partial charge is 0.213 e. The van der Waals surface area contributed by atoms with E-state index in [9.17, 15) is 4.39 Å². The fraction of sp³-hybridized carbons (Fsp3) is 0.667. The first-order valence-corrected chi connectivity index (χ1v) is 9.19. The van der Waals surface area contributed by atoms with Gasteiger partial charge in [0.1, 0.15) is 0 Å². The van der Waals surface area contributed by atoms with Crippen molar-refractivity contribution in [2.45, 2.75) is 64.8 Å². The summed E-state index contributed by atoms with van der Waals surface area (Å²) in [6.07, 6.45) is 1.50. The number of aromatic nitrogens is 1. The Morgan fingerprint density at radius 2 is 1.63 bits per heavy atom. The van der Waals surface area contributed by atoms with Crippen molar-refractivity contribution in [3.8, 4) is 0 Å². The molecule has 2 nitrogen and oxygen atoms in total. The van der Waals surface area contributed by atoms with Gasteiger partial charge in [-0.15, -0.1) is 0 Å². The van der Waals surface area contributed by atoms with Crippen LogP contribution in [0.3, 0.4) is 0 Å². The van der Waals surface area contributed by atoms with Gasteiger partial charge in [0.15, 0.2) is 0 Å². The van der Waals surface area contributed by atoms with Crippen molar-refractivity contribution in [1.82, 2.24) is 4.98 Å². The summed E-state index contributed by atoms with van der Waals surface area (Å²) in [4.78, 5) is 3.58. The highest BCUT2D eigenvalue weighted by molar-refractivity contribution is 6.77. The molecule has 0 spiro atoms. The molecule has 0 N–H and O–H groups in total. The summed E-state index contributed by atoms with van der Waals surface area (Å²) in [6.45, 7) is 14.0. The van der Waals surface area contributed by atoms with Gasteiger partial charge in [0, 0.05) is 6.20 Å². The minimum absolute atomic E-state index is 0.438. The molecule has 1 heterocycles. The van der Waals surface area contributed by atoms with Crippen molar-refractivity contribution in [2.24, 2.45) is 0 Å². The normalized spacial score (nSPS) is 12.7. The molecule has 108 valence electrons. The monoisotopic (exact) mass is 283 g/mol. The Hall–Kier alpha value is -0.743. The Morgan fingerprint density at radius 1 is 1.11 bits per heavy atom. The standard InChI is InChI=1S/C15H26FNOSi/c1-11(2)19(12(3)4,13(5)6)18-10-14-7-8-17-15(16)9-14/h7-9,11-13H,10H2,1-6H3. The third-order valence-corrected chi connectivity index (χ3v) is 10.0. The minimum Gasteiger partial charge on any atom is -0.412 e. The Labute approximate surface area is 117 Å². The van der Waals surface area contributed by atoms with Crippen LogP contribution >= 0.6 is 0 Å². The molecule has 1 aromatic rings. The van der Waals surface area contributed by atoms with Gasteiger partial charge in [0.2, 0.25) is 14.3 Å². The lowest BCUT2D eigenvalue weighted by Gasteiger charge is -2.42. The molecule has 19 heavy (non-hydrogen) atoms. The van der Waals surface area contributed by atoms with Gasteiger partial charge in [-0.05, 0) is 34.3 Å². The SMILES string of the molecule is CC(C)[Si](OCc1ccnc(F)c1)(C(C)C)C(C)C. The van der Waals surface area contributed by atoms with Crippen LogP contribution in [0.15, 0.2) is 18.3 Å². The molecule has 0 aliphatic heterocycles. The van der Waals surface area contributed by atoms with E-state index in [1.807, 2.05) is 6.07 Å². The van der Waals surface area contributed by atoms with Crippen molar-refractivity contribution in [3.05, 3.63) is 29.8 Å². The number of rotatable bonds is 6. The second-order valence-electron chi connectivity index (χ2n) is 6.09. The van der Waals surface area contributed by atoms with E-state index in [1.54, 1.807) is 0 Å². The van der Waals surface area contributed by atoms with Gasteiger partial charge in [-0.1, -0.05) is 41.5 Å². The molecule has 0 unspecified atom stereocenters. The molecular formula is C15H26FNOSi. The van der Waals surface area contributed by atoms with E-state index in [4.69, 9.17) is 4.43 Å². The lowest BCUT2D eigenvalue weighted by molar-refractivity contribution is 0.265. The summed E-state index contributed by atoms with van der Waals surface area (Å²) >= 11 is 0. The lowest BCUT2D eigenvalue weighted by atomic mass is 10.3. The van der Waals surface area contributed by atoms with Crippen LogP contribution in [0.5, 0.6) is 0 Å². The number of pyridine rings is 1. The van der Waals surface area contributed by atoms with E-state index >= 15 is 0 Å². The van der Waals surface area contributed by atoms with Gasteiger partial charge >= 0.3 is 0 Å². The van der Waals surface area contributed by atoms with Crippen LogP contribution in [0.1, 0.15) is 47.1 Å². The van der Waals surface area contributed by atoms with Crippen LogP contribution in [0.2, 0.25) is 16.6 Å². The Balaban J connectivity index is 2.90. The molecule has 0 aliphatic rings. The molecule has 0 atom stereocenters. The first-order valence-electron chi connectivity index (χ1n) is 7.05. The highest BCUT2D eigenvalue weighted by atomic mass is 28.4. The van der Waals surface area contributed by atoms with Crippen molar-refractivity contribution in [1.29, 1.82) is 0 Å². The van der Waals surface area contributed by atoms with Crippen molar-refractivity contribution in [3.63, 3.8) is 0 Å². The predicted octanol–water partition coefficient (Wildman–Crippen LogP) is 4.91. The first-order chi connectivity index (χ1) is 8.80. The van der Waals surface area contributed by atoms with Crippen LogP contribution in [0.4, 0.5) is 4.39 Å². The highest BCUT2D eigenvalue weighted by Crippen LogP contribution is 2.42. The molecular weight excluding hydrogens is 257 g/mol. The third kappa shape index (κ3) is 3.63. The van der Waals surface area contributed by atoms with E-state index in [0.717, 1.165) is 5.56 Å². The van der Waals surface area contributed by atoms with Crippen LogP contribution < -0.4 is 0 Å². The summed E-state index contributed by atoms with van der Waals surface area (Å²) in [7, 11) is -1.87. The molecule has 0 aliphatic carbocycles. The van der Waals surface area contributed by atoms with E-state index in [0.29, 0.717) is 23.2 Å². The third-order valence-electron chi connectivity index (χ3n) is 3.99. The number of halogens is 1. The average molecular weight is 283 g/mol. The van der Waals surface area contributed by atoms with E-state index in [2.05, 4.69) is 46.5 Å². The first kappa shape index (κ1) is 16.3. The van der Waals surface area contributed by atoms with Gasteiger partial charge < -0.3 is 4.43 Å². The lowest BCUT2D eigenvalue weighted by Crippen LogP contribution is -2.47. The molecule has 0 amide bonds. The second-order valence-corrected chi connectivity index (χ2v) is 11.6. The Kier molecular flexibility index (Phi) is 5.68. The molecule has 1 rings (SSSR count). The molecule has 4 heteroatoms. The topological polar surface area (TPSA) is 22.1 Å². The van der Waals surface area contributed by atoms with Gasteiger partial charge in [-0.25, -0.2) is 4.98 Å². The molecule has 0 fully saturated rings. The average Bonchev–Trinajstić information content (AvgIpc) is 2.28. The minimum atomic E-state index is -1.87. The summed E-state index contributed by atoms with van der Waals surface area (Å²) < 4.78 is 19.5. The summed E-state index contributed by atoms with van der Waals surface area (Å²) in [5.41, 5.74) is 2.49. The maximum absolute atomic E-state index is 13.1. The van der Waals surface area contributed by atoms with E-state index in [1.165, 1.54) is 12.3 Å². The summed E-state index contributed by atoms with van der Waals surface area (Å²) in [6, 6.07) is 3.28. The van der Waals surface area contributed by atoms with Crippen molar-refractivity contribution < 1.29 is 8.82 Å². The molecule has 0 aromatic carbocycles. The number of hydrogen-bond donors (Lipinski definition) is 0. The number of nitrogens with zero attached hydrogens (tertiary/aromatic N) is 1. The van der Waals surface area contributed by atoms with Gasteiger partial charge in [-0.3, -0.25) is 0 Å². The molecule has 0 saturated heterocycles. The maximum Gasteiger partial charge on any atom is 0.213 e. The Morgan fingerprint density at radius 3 is 2.05 bits per heavy atom. The zero-order valence-corrected chi connectivity index (χ0v) is 13.9. The van der Waals surface area contributed by atoms with Gasteiger partial charge in [0.25, 0.3) is 0 Å². The fourth-order valence-electron chi connectivity index (χ4n) is 3.24. The zero-order chi connectivity index (χ0) is 14.6. The van der Waals surface area contributed by atoms with Gasteiger partial charge in [0.05, 0.1) is 6.61 Å². The van der Waals surface area contributed by atoms with Crippen LogP contribution in [0, 0.1) is 5.95 Å². The summed E-state index contributed by atoms with van der Waals surface area (Å²) in [5, 5.41) is 0. The molecule has 0 saturated carbocycles. The largest absolute Gasteiger partial charge is 0.412 e. The van der Waals surface area contributed by atoms with E-state index in [-0.39, 0.29) is 0 Å².